The van der Waals surface area contributed by atoms with Crippen molar-refractivity contribution in [2.45, 2.75) is 6.18 Å². The van der Waals surface area contributed by atoms with Crippen molar-refractivity contribution in [3.63, 3.8) is 0 Å². The third kappa shape index (κ3) is 2.47. The highest BCUT2D eigenvalue weighted by Crippen LogP contribution is 2.21. The van der Waals surface area contributed by atoms with Crippen molar-refractivity contribution in [1.82, 2.24) is 9.88 Å². The Morgan fingerprint density at radius 1 is 1.33 bits per heavy atom. The molecule has 0 atom stereocenters. The van der Waals surface area contributed by atoms with E-state index in [1.807, 2.05) is 0 Å². The summed E-state index contributed by atoms with van der Waals surface area (Å²) in [5, 5.41) is 0.793. The van der Waals surface area contributed by atoms with Gasteiger partial charge in [0.15, 0.2) is 0 Å². The maximum atomic E-state index is 12.2. The van der Waals surface area contributed by atoms with Crippen LogP contribution in [0, 0.1) is 0 Å². The number of aromatic nitrogens is 1. The number of hydrogen-bond acceptors (Lipinski definition) is 1. The number of fused-ring (bicyclic) bond motifs is 1. The predicted molar refractivity (Wildman–Crippen MR) is 61.3 cm³/mol. The molecule has 0 aliphatic rings. The number of hydrogen-bond donors (Lipinski definition) is 1. The van der Waals surface area contributed by atoms with Crippen molar-refractivity contribution < 1.29 is 18.0 Å². The van der Waals surface area contributed by atoms with Gasteiger partial charge in [-0.05, 0) is 12.1 Å². The number of rotatable bonds is 2. The van der Waals surface area contributed by atoms with Crippen molar-refractivity contribution in [2.75, 3.05) is 13.6 Å². The first kappa shape index (κ1) is 12.5. The fourth-order valence-electron chi connectivity index (χ4n) is 1.81. The number of para-hydroxylation sites is 1. The number of amides is 1. The molecule has 0 saturated carbocycles. The number of halogens is 3. The Morgan fingerprint density at radius 2 is 2.06 bits per heavy atom. The van der Waals surface area contributed by atoms with Crippen LogP contribution in [0.5, 0.6) is 0 Å². The Balaban J connectivity index is 2.31. The molecule has 0 aliphatic carbocycles. The Labute approximate surface area is 101 Å². The third-order valence-corrected chi connectivity index (χ3v) is 2.58. The Bertz CT molecular complexity index is 574. The molecule has 0 unspecified atom stereocenters. The lowest BCUT2D eigenvalue weighted by molar-refractivity contribution is -0.138. The number of aromatic amines is 1. The van der Waals surface area contributed by atoms with Gasteiger partial charge in [-0.25, -0.2) is 0 Å². The summed E-state index contributed by atoms with van der Waals surface area (Å²) in [5.41, 5.74) is 0.792. The van der Waals surface area contributed by atoms with E-state index in [0.717, 1.165) is 12.4 Å². The predicted octanol–water partition coefficient (Wildman–Crippen LogP) is 2.80. The molecule has 0 saturated heterocycles. The van der Waals surface area contributed by atoms with Crippen LogP contribution in [-0.2, 0) is 0 Å². The molecule has 6 heteroatoms. The highest BCUT2D eigenvalue weighted by Gasteiger charge is 2.31. The molecule has 0 spiro atoms. The molecule has 1 aromatic carbocycles. The summed E-state index contributed by atoms with van der Waals surface area (Å²) in [4.78, 5) is 15.5. The third-order valence-electron chi connectivity index (χ3n) is 2.58. The van der Waals surface area contributed by atoms with E-state index in [1.54, 1.807) is 24.4 Å². The van der Waals surface area contributed by atoms with Crippen molar-refractivity contribution in [3.8, 4) is 0 Å². The first-order valence-electron chi connectivity index (χ1n) is 5.27. The molecule has 1 amide bonds. The summed E-state index contributed by atoms with van der Waals surface area (Å²) >= 11 is 0. The number of carbonyl (C=O) groups excluding carboxylic acids is 1. The summed E-state index contributed by atoms with van der Waals surface area (Å²) in [6, 6.07) is 6.70. The van der Waals surface area contributed by atoms with E-state index < -0.39 is 18.6 Å². The van der Waals surface area contributed by atoms with Crippen LogP contribution in [0.25, 0.3) is 10.9 Å². The minimum absolute atomic E-state index is 0.240. The summed E-state index contributed by atoms with van der Waals surface area (Å²) in [6.07, 6.45) is -2.75. The second kappa shape index (κ2) is 4.36. The van der Waals surface area contributed by atoms with Gasteiger partial charge in [0.2, 0.25) is 0 Å². The van der Waals surface area contributed by atoms with Crippen LogP contribution >= 0.6 is 0 Å². The summed E-state index contributed by atoms with van der Waals surface area (Å²) in [7, 11) is 1.14. The summed E-state index contributed by atoms with van der Waals surface area (Å²) in [5.74, 6) is -0.652. The average Bonchev–Trinajstić information content (AvgIpc) is 2.73. The molecule has 0 bridgehead atoms. The van der Waals surface area contributed by atoms with Gasteiger partial charge >= 0.3 is 6.18 Å². The Hall–Kier alpha value is -1.98. The van der Waals surface area contributed by atoms with E-state index >= 15 is 0 Å². The standard InChI is InChI=1S/C12H11F3N2O/c1-17(7-12(13,14)15)11(18)9-4-2-3-8-5-6-16-10(8)9/h2-6,16H,7H2,1H3. The van der Waals surface area contributed by atoms with Gasteiger partial charge < -0.3 is 9.88 Å². The van der Waals surface area contributed by atoms with Crippen LogP contribution in [0.15, 0.2) is 30.5 Å². The van der Waals surface area contributed by atoms with Crippen molar-refractivity contribution in [2.24, 2.45) is 0 Å². The van der Waals surface area contributed by atoms with E-state index in [-0.39, 0.29) is 5.56 Å². The second-order valence-corrected chi connectivity index (χ2v) is 4.02. The van der Waals surface area contributed by atoms with Gasteiger partial charge in [-0.3, -0.25) is 4.79 Å². The number of alkyl halides is 3. The molecule has 2 aromatic rings. The fourth-order valence-corrected chi connectivity index (χ4v) is 1.81. The molecule has 3 nitrogen and oxygen atoms in total. The van der Waals surface area contributed by atoms with Crippen LogP contribution in [-0.4, -0.2) is 35.6 Å². The molecule has 1 heterocycles. The van der Waals surface area contributed by atoms with Gasteiger partial charge in [-0.15, -0.1) is 0 Å². The van der Waals surface area contributed by atoms with Crippen molar-refractivity contribution in [3.05, 3.63) is 36.0 Å². The first-order chi connectivity index (χ1) is 8.38. The van der Waals surface area contributed by atoms with Crippen LogP contribution < -0.4 is 0 Å². The van der Waals surface area contributed by atoms with Crippen LogP contribution in [0.4, 0.5) is 13.2 Å². The maximum absolute atomic E-state index is 12.2. The molecule has 18 heavy (non-hydrogen) atoms. The molecule has 1 N–H and O–H groups in total. The van der Waals surface area contributed by atoms with Gasteiger partial charge in [-0.2, -0.15) is 13.2 Å². The minimum atomic E-state index is -4.39. The average molecular weight is 256 g/mol. The topological polar surface area (TPSA) is 36.1 Å². The zero-order chi connectivity index (χ0) is 13.3. The van der Waals surface area contributed by atoms with Crippen LogP contribution in [0.2, 0.25) is 0 Å². The molecule has 0 fully saturated rings. The molecule has 0 aliphatic heterocycles. The van der Waals surface area contributed by atoms with E-state index in [4.69, 9.17) is 0 Å². The number of carbonyl (C=O) groups is 1. The van der Waals surface area contributed by atoms with E-state index in [0.29, 0.717) is 10.4 Å². The maximum Gasteiger partial charge on any atom is 0.406 e. The van der Waals surface area contributed by atoms with Crippen molar-refractivity contribution >= 4 is 16.8 Å². The lowest BCUT2D eigenvalue weighted by Gasteiger charge is -2.19. The lowest BCUT2D eigenvalue weighted by atomic mass is 10.1. The number of H-pyrrole nitrogens is 1. The van der Waals surface area contributed by atoms with Crippen LogP contribution in [0.1, 0.15) is 10.4 Å². The molecular weight excluding hydrogens is 245 g/mol. The zero-order valence-electron chi connectivity index (χ0n) is 9.58. The van der Waals surface area contributed by atoms with Gasteiger partial charge in [0, 0.05) is 18.6 Å². The molecule has 2 rings (SSSR count). The highest BCUT2D eigenvalue weighted by molar-refractivity contribution is 6.05. The normalized spacial score (nSPS) is 11.8. The molecular formula is C12H11F3N2O. The molecule has 0 radical (unpaired) electrons. The summed E-state index contributed by atoms with van der Waals surface area (Å²) < 4.78 is 36.7. The highest BCUT2D eigenvalue weighted by atomic mass is 19.4. The number of nitrogens with one attached hydrogen (secondary N) is 1. The zero-order valence-corrected chi connectivity index (χ0v) is 9.58. The Kier molecular flexibility index (Phi) is 3.02. The minimum Gasteiger partial charge on any atom is -0.361 e. The van der Waals surface area contributed by atoms with Crippen molar-refractivity contribution in [1.29, 1.82) is 0 Å². The summed E-state index contributed by atoms with van der Waals surface area (Å²) in [6.45, 7) is -1.26. The van der Waals surface area contributed by atoms with Gasteiger partial charge in [0.05, 0.1) is 11.1 Å². The second-order valence-electron chi connectivity index (χ2n) is 4.02. The van der Waals surface area contributed by atoms with Gasteiger partial charge in [-0.1, -0.05) is 12.1 Å². The van der Waals surface area contributed by atoms with Gasteiger partial charge in [0.1, 0.15) is 6.54 Å². The molecule has 96 valence electrons. The monoisotopic (exact) mass is 256 g/mol. The first-order valence-corrected chi connectivity index (χ1v) is 5.27. The number of benzene rings is 1. The van der Waals surface area contributed by atoms with E-state index in [2.05, 4.69) is 4.98 Å². The van der Waals surface area contributed by atoms with Gasteiger partial charge in [0.25, 0.3) is 5.91 Å². The molecule has 1 aromatic heterocycles. The largest absolute Gasteiger partial charge is 0.406 e. The van der Waals surface area contributed by atoms with E-state index in [9.17, 15) is 18.0 Å². The fraction of sp³-hybridized carbons (Fsp3) is 0.250. The van der Waals surface area contributed by atoms with E-state index in [1.165, 1.54) is 6.07 Å². The SMILES string of the molecule is CN(CC(F)(F)F)C(=O)c1cccc2cc[nH]c12. The lowest BCUT2D eigenvalue weighted by Crippen LogP contribution is -2.35. The number of nitrogens with zero attached hydrogens (tertiary/aromatic N) is 1. The van der Waals surface area contributed by atoms with Crippen LogP contribution in [0.3, 0.4) is 0 Å². The quantitative estimate of drug-likeness (QED) is 0.881. The smallest absolute Gasteiger partial charge is 0.361 e. The Morgan fingerprint density at radius 3 is 2.72 bits per heavy atom.